The van der Waals surface area contributed by atoms with Crippen LogP contribution in [0, 0.1) is 17.0 Å². The van der Waals surface area contributed by atoms with Crippen molar-refractivity contribution in [2.45, 2.75) is 19.9 Å². The number of nitro groups is 1. The summed E-state index contributed by atoms with van der Waals surface area (Å²) in [6, 6.07) is 21.7. The summed E-state index contributed by atoms with van der Waals surface area (Å²) in [6.07, 6.45) is 0. The number of rotatable bonds is 6. The van der Waals surface area contributed by atoms with Crippen molar-refractivity contribution >= 4 is 23.2 Å². The van der Waals surface area contributed by atoms with Crippen molar-refractivity contribution in [3.63, 3.8) is 0 Å². The molecule has 3 aromatic rings. The molecule has 8 nitrogen and oxygen atoms in total. The van der Waals surface area contributed by atoms with Gasteiger partial charge in [-0.05, 0) is 30.2 Å². The van der Waals surface area contributed by atoms with Crippen LogP contribution in [-0.2, 0) is 4.79 Å². The average Bonchev–Trinajstić information content (AvgIpc) is 2.88. The quantitative estimate of drug-likeness (QED) is 0.431. The highest BCUT2D eigenvalue weighted by atomic mass is 16.6. The van der Waals surface area contributed by atoms with Gasteiger partial charge in [-0.25, -0.2) is 0 Å². The number of anilines is 1. The van der Waals surface area contributed by atoms with E-state index in [2.05, 4.69) is 5.32 Å². The van der Waals surface area contributed by atoms with E-state index in [0.717, 1.165) is 16.7 Å². The smallest absolute Gasteiger partial charge is 0.293 e. The van der Waals surface area contributed by atoms with E-state index in [1.165, 1.54) is 13.0 Å². The average molecular weight is 473 g/mol. The molecule has 1 atom stereocenters. The zero-order valence-corrected chi connectivity index (χ0v) is 19.8. The Labute approximate surface area is 204 Å². The van der Waals surface area contributed by atoms with Crippen molar-refractivity contribution < 1.29 is 14.5 Å². The Kier molecular flexibility index (Phi) is 7.10. The topological polar surface area (TPSA) is 95.8 Å². The number of nitrogens with one attached hydrogen (secondary N) is 1. The molecule has 4 rings (SSSR count). The number of piperazine rings is 1. The Morgan fingerprint density at radius 1 is 0.914 bits per heavy atom. The normalized spacial score (nSPS) is 14.3. The van der Waals surface area contributed by atoms with E-state index in [9.17, 15) is 19.7 Å². The Morgan fingerprint density at radius 3 is 2.14 bits per heavy atom. The fourth-order valence-electron chi connectivity index (χ4n) is 4.32. The molecule has 0 radical (unpaired) electrons. The van der Waals surface area contributed by atoms with E-state index >= 15 is 0 Å². The third-order valence-corrected chi connectivity index (χ3v) is 6.32. The van der Waals surface area contributed by atoms with Crippen molar-refractivity contribution in [2.24, 2.45) is 0 Å². The van der Waals surface area contributed by atoms with Gasteiger partial charge in [0.15, 0.2) is 0 Å². The minimum atomic E-state index is -0.460. The maximum atomic E-state index is 13.3. The standard InChI is InChI=1S/C27H28N4O4/c1-19-8-10-22(11-9-19)26(21-6-4-3-5-7-21)28-27(33)23-12-13-24(25(18-23)31(34)35)30-16-14-29(15-17-30)20(2)32/h3-13,18,26H,14-17H2,1-2H3,(H,28,33). The molecule has 2 amide bonds. The number of nitro benzene ring substituents is 1. The summed E-state index contributed by atoms with van der Waals surface area (Å²) in [6.45, 7) is 5.52. The van der Waals surface area contributed by atoms with Gasteiger partial charge in [0.05, 0.1) is 11.0 Å². The first-order valence-electron chi connectivity index (χ1n) is 11.5. The lowest BCUT2D eigenvalue weighted by atomic mass is 9.97. The molecule has 1 fully saturated rings. The van der Waals surface area contributed by atoms with E-state index in [1.54, 1.807) is 17.0 Å². The third kappa shape index (κ3) is 5.48. The van der Waals surface area contributed by atoms with Crippen LogP contribution < -0.4 is 10.2 Å². The number of carbonyl (C=O) groups excluding carboxylic acids is 2. The van der Waals surface area contributed by atoms with E-state index in [0.29, 0.717) is 31.9 Å². The highest BCUT2D eigenvalue weighted by Crippen LogP contribution is 2.31. The molecule has 3 aromatic carbocycles. The van der Waals surface area contributed by atoms with E-state index in [4.69, 9.17) is 0 Å². The SMILES string of the molecule is CC(=O)N1CCN(c2ccc(C(=O)NC(c3ccccc3)c3ccc(C)cc3)cc2[N+](=O)[O-])CC1. The van der Waals surface area contributed by atoms with Gasteiger partial charge in [-0.15, -0.1) is 0 Å². The highest BCUT2D eigenvalue weighted by Gasteiger charge is 2.26. The molecule has 0 aromatic heterocycles. The monoisotopic (exact) mass is 472 g/mol. The molecule has 1 unspecified atom stereocenters. The van der Waals surface area contributed by atoms with Gasteiger partial charge in [-0.1, -0.05) is 60.2 Å². The molecular weight excluding hydrogens is 444 g/mol. The molecule has 180 valence electrons. The fourth-order valence-corrected chi connectivity index (χ4v) is 4.32. The largest absolute Gasteiger partial charge is 0.362 e. The fraction of sp³-hybridized carbons (Fsp3) is 0.259. The Hall–Kier alpha value is -4.20. The van der Waals surface area contributed by atoms with Gasteiger partial charge >= 0.3 is 0 Å². The zero-order chi connectivity index (χ0) is 24.9. The van der Waals surface area contributed by atoms with E-state index in [-0.39, 0.29) is 17.2 Å². The first-order valence-corrected chi connectivity index (χ1v) is 11.5. The highest BCUT2D eigenvalue weighted by molar-refractivity contribution is 5.96. The van der Waals surface area contributed by atoms with Gasteiger partial charge in [-0.3, -0.25) is 19.7 Å². The summed E-state index contributed by atoms with van der Waals surface area (Å²) < 4.78 is 0. The van der Waals surface area contributed by atoms with Crippen molar-refractivity contribution in [1.82, 2.24) is 10.2 Å². The molecule has 35 heavy (non-hydrogen) atoms. The first kappa shape index (κ1) is 23.9. The summed E-state index contributed by atoms with van der Waals surface area (Å²) in [5.41, 5.74) is 3.50. The molecule has 1 N–H and O–H groups in total. The number of hydrogen-bond donors (Lipinski definition) is 1. The van der Waals surface area contributed by atoms with Gasteiger partial charge in [0.25, 0.3) is 11.6 Å². The predicted octanol–water partition coefficient (Wildman–Crippen LogP) is 4.09. The van der Waals surface area contributed by atoms with Crippen LogP contribution in [0.4, 0.5) is 11.4 Å². The molecule has 0 saturated carbocycles. The lowest BCUT2D eigenvalue weighted by Crippen LogP contribution is -2.48. The van der Waals surface area contributed by atoms with Crippen LogP contribution in [0.3, 0.4) is 0 Å². The summed E-state index contributed by atoms with van der Waals surface area (Å²) in [5.74, 6) is -0.400. The zero-order valence-electron chi connectivity index (χ0n) is 19.8. The first-order chi connectivity index (χ1) is 16.8. The Morgan fingerprint density at radius 2 is 1.54 bits per heavy atom. The van der Waals surface area contributed by atoms with Gasteiger partial charge in [0.1, 0.15) is 5.69 Å². The third-order valence-electron chi connectivity index (χ3n) is 6.32. The molecule has 1 heterocycles. The molecule has 0 bridgehead atoms. The van der Waals surface area contributed by atoms with Crippen LogP contribution >= 0.6 is 0 Å². The number of benzene rings is 3. The van der Waals surface area contributed by atoms with Gasteiger partial charge < -0.3 is 15.1 Å². The van der Waals surface area contributed by atoms with E-state index < -0.39 is 16.9 Å². The van der Waals surface area contributed by atoms with Crippen molar-refractivity contribution in [3.8, 4) is 0 Å². The second-order valence-electron chi connectivity index (χ2n) is 8.68. The molecule has 1 aliphatic rings. The summed E-state index contributed by atoms with van der Waals surface area (Å²) in [7, 11) is 0. The van der Waals surface area contributed by atoms with Crippen molar-refractivity contribution in [1.29, 1.82) is 0 Å². The maximum absolute atomic E-state index is 13.3. The van der Waals surface area contributed by atoms with Crippen LogP contribution in [-0.4, -0.2) is 47.8 Å². The van der Waals surface area contributed by atoms with Gasteiger partial charge in [-0.2, -0.15) is 0 Å². The molecule has 0 aliphatic carbocycles. The van der Waals surface area contributed by atoms with Gasteiger partial charge in [0.2, 0.25) is 5.91 Å². The lowest BCUT2D eigenvalue weighted by Gasteiger charge is -2.35. The molecule has 8 heteroatoms. The molecule has 1 aliphatic heterocycles. The Bertz CT molecular complexity index is 1220. The summed E-state index contributed by atoms with van der Waals surface area (Å²) in [4.78, 5) is 39.9. The number of hydrogen-bond acceptors (Lipinski definition) is 5. The number of carbonyl (C=O) groups is 2. The van der Waals surface area contributed by atoms with E-state index in [1.807, 2.05) is 66.4 Å². The van der Waals surface area contributed by atoms with Crippen LogP contribution in [0.2, 0.25) is 0 Å². The number of aryl methyl sites for hydroxylation is 1. The number of amides is 2. The molecular formula is C27H28N4O4. The maximum Gasteiger partial charge on any atom is 0.293 e. The predicted molar refractivity (Wildman–Crippen MR) is 134 cm³/mol. The second kappa shape index (κ2) is 10.4. The van der Waals surface area contributed by atoms with Crippen LogP contribution in [0.25, 0.3) is 0 Å². The Balaban J connectivity index is 1.59. The van der Waals surface area contributed by atoms with Crippen LogP contribution in [0.15, 0.2) is 72.8 Å². The molecule has 1 saturated heterocycles. The van der Waals surface area contributed by atoms with Crippen LogP contribution in [0.1, 0.15) is 40.0 Å². The summed E-state index contributed by atoms with van der Waals surface area (Å²) >= 11 is 0. The minimum absolute atomic E-state index is 0.00674. The minimum Gasteiger partial charge on any atom is -0.362 e. The van der Waals surface area contributed by atoms with Gasteiger partial charge in [0, 0.05) is 44.7 Å². The molecule has 0 spiro atoms. The lowest BCUT2D eigenvalue weighted by molar-refractivity contribution is -0.384. The van der Waals surface area contributed by atoms with Crippen molar-refractivity contribution in [3.05, 3.63) is 105 Å². The van der Waals surface area contributed by atoms with Crippen molar-refractivity contribution in [2.75, 3.05) is 31.1 Å². The summed E-state index contributed by atoms with van der Waals surface area (Å²) in [5, 5.41) is 14.9. The number of nitrogens with zero attached hydrogens (tertiary/aromatic N) is 3. The second-order valence-corrected chi connectivity index (χ2v) is 8.68. The van der Waals surface area contributed by atoms with Crippen LogP contribution in [0.5, 0.6) is 0 Å².